The lowest BCUT2D eigenvalue weighted by Crippen LogP contribution is -2.58. The van der Waals surface area contributed by atoms with Gasteiger partial charge in [0.25, 0.3) is 5.91 Å². The van der Waals surface area contributed by atoms with Crippen molar-refractivity contribution >= 4 is 17.7 Å². The molecule has 4 bridgehead atoms. The molecule has 0 unspecified atom stereocenters. The normalized spacial score (nSPS) is 20.3. The number of nitrogens with zero attached hydrogens (tertiary/aromatic N) is 3. The molecule has 3 heterocycles. The standard InChI is InChI=1S/C32H38N4O6/c1-34(2)18-26-11-12-29(42-26)32(39)36-15-14-28-27(19-36)33-30(37)20-35(3)31(38)13-10-22-6-4-8-24(16-22)41-25-9-5-7-23(17-25)21-40-28/h4-9,11-12,16-17,27-28H,10,13-15,18-21H2,1-3H3,(H,33,37)/t27-,28+/m0/s1. The number of ether oxygens (including phenoxy) is 2. The zero-order chi connectivity index (χ0) is 29.6. The Hall–Kier alpha value is -4.15. The number of piperidine rings is 1. The molecule has 2 aliphatic heterocycles. The van der Waals surface area contributed by atoms with Crippen LogP contribution in [0.25, 0.3) is 0 Å². The van der Waals surface area contributed by atoms with Crippen molar-refractivity contribution in [2.45, 2.75) is 44.6 Å². The number of hydrogen-bond donors (Lipinski definition) is 1. The molecule has 0 aliphatic carbocycles. The van der Waals surface area contributed by atoms with E-state index < -0.39 is 6.04 Å². The molecule has 3 amide bonds. The van der Waals surface area contributed by atoms with Crippen LogP contribution in [0.3, 0.4) is 0 Å². The predicted octanol–water partition coefficient (Wildman–Crippen LogP) is 3.45. The van der Waals surface area contributed by atoms with Crippen LogP contribution in [-0.2, 0) is 33.9 Å². The minimum Gasteiger partial charge on any atom is -0.457 e. The molecule has 10 heteroatoms. The van der Waals surface area contributed by atoms with Gasteiger partial charge in [0.15, 0.2) is 5.76 Å². The van der Waals surface area contributed by atoms with Crippen LogP contribution in [0.1, 0.15) is 40.3 Å². The Morgan fingerprint density at radius 1 is 1.00 bits per heavy atom. The number of aryl methyl sites for hydroxylation is 1. The monoisotopic (exact) mass is 574 g/mol. The lowest BCUT2D eigenvalue weighted by molar-refractivity contribution is -0.135. The molecule has 2 aliphatic rings. The van der Waals surface area contributed by atoms with Crippen LogP contribution in [0.5, 0.6) is 11.5 Å². The summed E-state index contributed by atoms with van der Waals surface area (Å²) in [6, 6.07) is 18.4. The van der Waals surface area contributed by atoms with E-state index in [0.29, 0.717) is 49.8 Å². The molecule has 0 radical (unpaired) electrons. The quantitative estimate of drug-likeness (QED) is 0.511. The zero-order valence-electron chi connectivity index (χ0n) is 24.4. The van der Waals surface area contributed by atoms with E-state index in [2.05, 4.69) is 5.32 Å². The van der Waals surface area contributed by atoms with E-state index in [1.165, 1.54) is 4.90 Å². The topological polar surface area (TPSA) is 105 Å². The molecule has 3 aromatic rings. The molecular formula is C32H38N4O6. The second-order valence-corrected chi connectivity index (χ2v) is 11.2. The maximum Gasteiger partial charge on any atom is 0.289 e. The zero-order valence-corrected chi connectivity index (χ0v) is 24.4. The number of carbonyl (C=O) groups excluding carboxylic acids is 3. The van der Waals surface area contributed by atoms with Gasteiger partial charge in [0.2, 0.25) is 11.8 Å². The minimum atomic E-state index is -0.465. The molecule has 0 saturated carbocycles. The summed E-state index contributed by atoms with van der Waals surface area (Å²) in [5, 5.41) is 3.04. The van der Waals surface area contributed by atoms with Gasteiger partial charge >= 0.3 is 0 Å². The third kappa shape index (κ3) is 7.57. The Balaban J connectivity index is 1.34. The van der Waals surface area contributed by atoms with Gasteiger partial charge in [0.05, 0.1) is 31.8 Å². The van der Waals surface area contributed by atoms with Crippen LogP contribution in [0.15, 0.2) is 65.1 Å². The van der Waals surface area contributed by atoms with Crippen molar-refractivity contribution in [3.05, 3.63) is 83.3 Å². The number of likely N-dealkylation sites (tertiary alicyclic amines) is 1. The molecule has 0 spiro atoms. The lowest BCUT2D eigenvalue weighted by Gasteiger charge is -2.38. The maximum absolute atomic E-state index is 13.3. The van der Waals surface area contributed by atoms with Crippen molar-refractivity contribution in [1.29, 1.82) is 0 Å². The number of furan rings is 1. The summed E-state index contributed by atoms with van der Waals surface area (Å²) in [4.78, 5) is 44.4. The first-order valence-corrected chi connectivity index (χ1v) is 14.3. The third-order valence-corrected chi connectivity index (χ3v) is 7.46. The van der Waals surface area contributed by atoms with Gasteiger partial charge in [-0.15, -0.1) is 0 Å². The van der Waals surface area contributed by atoms with Crippen LogP contribution in [0.2, 0.25) is 0 Å². The minimum absolute atomic E-state index is 0.0900. The van der Waals surface area contributed by atoms with Gasteiger partial charge in [-0.05, 0) is 74.5 Å². The van der Waals surface area contributed by atoms with Crippen molar-refractivity contribution in [3.8, 4) is 11.5 Å². The van der Waals surface area contributed by atoms with E-state index in [9.17, 15) is 14.4 Å². The van der Waals surface area contributed by atoms with E-state index in [-0.39, 0.29) is 49.1 Å². The van der Waals surface area contributed by atoms with Crippen molar-refractivity contribution in [3.63, 3.8) is 0 Å². The summed E-state index contributed by atoms with van der Waals surface area (Å²) < 4.78 is 18.3. The molecule has 2 atom stereocenters. The fraction of sp³-hybridized carbons (Fsp3) is 0.406. The number of amides is 3. The van der Waals surface area contributed by atoms with Crippen molar-refractivity contribution in [2.24, 2.45) is 0 Å². The maximum atomic E-state index is 13.3. The number of nitrogens with one attached hydrogen (secondary N) is 1. The van der Waals surface area contributed by atoms with Gasteiger partial charge in [-0.1, -0.05) is 24.3 Å². The van der Waals surface area contributed by atoms with Crippen LogP contribution < -0.4 is 10.1 Å². The van der Waals surface area contributed by atoms with Crippen LogP contribution >= 0.6 is 0 Å². The average Bonchev–Trinajstić information content (AvgIpc) is 3.42. The molecule has 2 aromatic carbocycles. The molecule has 1 fully saturated rings. The van der Waals surface area contributed by atoms with E-state index in [1.54, 1.807) is 18.0 Å². The van der Waals surface area contributed by atoms with Crippen LogP contribution in [0, 0.1) is 0 Å². The highest BCUT2D eigenvalue weighted by Crippen LogP contribution is 2.25. The Labute approximate surface area is 246 Å². The highest BCUT2D eigenvalue weighted by Gasteiger charge is 2.35. The molecular weight excluding hydrogens is 536 g/mol. The van der Waals surface area contributed by atoms with E-state index >= 15 is 0 Å². The first-order chi connectivity index (χ1) is 20.2. The fourth-order valence-corrected chi connectivity index (χ4v) is 5.30. The smallest absolute Gasteiger partial charge is 0.289 e. The van der Waals surface area contributed by atoms with Crippen molar-refractivity contribution in [2.75, 3.05) is 40.8 Å². The summed E-state index contributed by atoms with van der Waals surface area (Å²) in [5.41, 5.74) is 1.90. The summed E-state index contributed by atoms with van der Waals surface area (Å²) in [7, 11) is 5.49. The van der Waals surface area contributed by atoms with Gasteiger partial charge < -0.3 is 33.9 Å². The Morgan fingerprint density at radius 2 is 1.74 bits per heavy atom. The van der Waals surface area contributed by atoms with E-state index in [0.717, 1.165) is 11.1 Å². The lowest BCUT2D eigenvalue weighted by atomic mass is 10.0. The number of hydrogen-bond acceptors (Lipinski definition) is 7. The highest BCUT2D eigenvalue weighted by molar-refractivity contribution is 5.91. The SMILES string of the molecule is CN(C)Cc1ccc(C(=O)N2CC[C@H]3OCc4cccc(c4)Oc4cccc(c4)CCC(=O)N(C)CC(=O)N[C@H]3C2)o1. The highest BCUT2D eigenvalue weighted by atomic mass is 16.5. The Kier molecular flexibility index (Phi) is 9.24. The van der Waals surface area contributed by atoms with Crippen LogP contribution in [-0.4, -0.2) is 85.3 Å². The molecule has 1 aromatic heterocycles. The number of benzene rings is 2. The molecule has 42 heavy (non-hydrogen) atoms. The summed E-state index contributed by atoms with van der Waals surface area (Å²) in [6.45, 7) is 1.53. The summed E-state index contributed by atoms with van der Waals surface area (Å²) in [5.74, 6) is 1.68. The van der Waals surface area contributed by atoms with Gasteiger partial charge in [-0.2, -0.15) is 0 Å². The van der Waals surface area contributed by atoms with Gasteiger partial charge in [-0.3, -0.25) is 14.4 Å². The number of carbonyl (C=O) groups is 3. The van der Waals surface area contributed by atoms with Crippen molar-refractivity contribution < 1.29 is 28.3 Å². The van der Waals surface area contributed by atoms with E-state index in [1.807, 2.05) is 73.6 Å². The molecule has 1 N–H and O–H groups in total. The Morgan fingerprint density at radius 3 is 2.50 bits per heavy atom. The van der Waals surface area contributed by atoms with Crippen molar-refractivity contribution in [1.82, 2.24) is 20.0 Å². The first-order valence-electron chi connectivity index (χ1n) is 14.3. The summed E-state index contributed by atoms with van der Waals surface area (Å²) in [6.07, 6.45) is 0.986. The first kappa shape index (κ1) is 29.3. The molecule has 5 rings (SSSR count). The third-order valence-electron chi connectivity index (χ3n) is 7.46. The second-order valence-electron chi connectivity index (χ2n) is 11.2. The Bertz CT molecular complexity index is 1420. The number of rotatable bonds is 3. The van der Waals surface area contributed by atoms with Gasteiger partial charge in [0, 0.05) is 26.6 Å². The van der Waals surface area contributed by atoms with E-state index in [4.69, 9.17) is 13.9 Å². The number of likely N-dealkylation sites (N-methyl/N-ethyl adjacent to an activating group) is 1. The molecule has 10 nitrogen and oxygen atoms in total. The largest absolute Gasteiger partial charge is 0.457 e. The molecule has 1 saturated heterocycles. The van der Waals surface area contributed by atoms with Gasteiger partial charge in [0.1, 0.15) is 17.3 Å². The predicted molar refractivity (Wildman–Crippen MR) is 156 cm³/mol. The summed E-state index contributed by atoms with van der Waals surface area (Å²) >= 11 is 0. The van der Waals surface area contributed by atoms with Gasteiger partial charge in [-0.25, -0.2) is 0 Å². The average molecular weight is 575 g/mol. The fourth-order valence-electron chi connectivity index (χ4n) is 5.30. The molecule has 222 valence electrons. The number of fused-ring (bicyclic) bond motifs is 5. The van der Waals surface area contributed by atoms with Crippen LogP contribution in [0.4, 0.5) is 0 Å². The second kappa shape index (κ2) is 13.2.